The van der Waals surface area contributed by atoms with Crippen molar-refractivity contribution in [3.8, 4) is 5.75 Å². The highest BCUT2D eigenvalue weighted by Gasteiger charge is 2.44. The van der Waals surface area contributed by atoms with Gasteiger partial charge in [-0.2, -0.15) is 0 Å². The number of nitrogens with two attached hydrogens (primary N) is 1. The fraction of sp³-hybridized carbons (Fsp3) is 0.600. The highest BCUT2D eigenvalue weighted by Crippen LogP contribution is 2.26. The normalized spacial score (nSPS) is 22.7. The van der Waals surface area contributed by atoms with E-state index in [1.165, 1.54) is 21.9 Å². The molecule has 4 amide bonds. The molecule has 5 atom stereocenters. The summed E-state index contributed by atoms with van der Waals surface area (Å²) in [6.45, 7) is 1.80. The van der Waals surface area contributed by atoms with E-state index < -0.39 is 30.1 Å². The van der Waals surface area contributed by atoms with E-state index in [2.05, 4.69) is 21.3 Å². The van der Waals surface area contributed by atoms with Crippen molar-refractivity contribution in [1.29, 1.82) is 5.41 Å². The van der Waals surface area contributed by atoms with Crippen LogP contribution in [-0.4, -0.2) is 107 Å². The molecule has 0 aliphatic carbocycles. The molecule has 3 fully saturated rings. The molecule has 1 aromatic carbocycles. The molecule has 0 bridgehead atoms. The molecule has 3 aliphatic heterocycles. The maximum absolute atomic E-state index is 13.9. The molecule has 0 spiro atoms. The average molecular weight is 612 g/mol. The first kappa shape index (κ1) is 32.7. The number of nitrogens with zero attached hydrogens (tertiary/aromatic N) is 2. The zero-order valence-corrected chi connectivity index (χ0v) is 24.8. The molecule has 0 saturated carbocycles. The first-order valence-corrected chi connectivity index (χ1v) is 15.4. The topological polar surface area (TPSA) is 210 Å². The number of carbonyl (C=O) groups is 4. The molecule has 14 heteroatoms. The molecule has 3 heterocycles. The summed E-state index contributed by atoms with van der Waals surface area (Å²) in [5.74, 6) is -1.47. The summed E-state index contributed by atoms with van der Waals surface area (Å²) in [7, 11) is 0. The average Bonchev–Trinajstić information content (AvgIpc) is 3.80. The standard InChI is InChI=1S/C30H43N8O6/c31-30(32)34-14-2-6-23(36-26(41)22-5-1-13-33-22)28(43)38-16-4-8-25(38)29(44)37-15-3-7-24(37)27(42)35-20(18-39)17-19-9-11-21(40)12-10-19/h9-12,20,22-25,33,40H,1-8,13-17H2,(H,35,42)(H,36,41)(H4,31,32,34)/t20-,22-,23-,24-,25-/m0/s1. The number of aromatic hydroxyl groups is 1. The van der Waals surface area contributed by atoms with E-state index in [1.54, 1.807) is 12.1 Å². The van der Waals surface area contributed by atoms with Gasteiger partial charge in [-0.15, -0.1) is 0 Å². The second kappa shape index (κ2) is 15.5. The van der Waals surface area contributed by atoms with E-state index in [4.69, 9.17) is 11.1 Å². The molecule has 0 unspecified atom stereocenters. The number of phenolic OH excluding ortho intramolecular Hbond substituents is 1. The molecule has 44 heavy (non-hydrogen) atoms. The smallest absolute Gasteiger partial charge is 0.246 e. The highest BCUT2D eigenvalue weighted by molar-refractivity contribution is 5.96. The lowest BCUT2D eigenvalue weighted by Crippen LogP contribution is -2.57. The third-order valence-corrected chi connectivity index (χ3v) is 8.47. The van der Waals surface area contributed by atoms with Crippen LogP contribution in [0.4, 0.5) is 0 Å². The van der Waals surface area contributed by atoms with Crippen LogP contribution in [0.2, 0.25) is 0 Å². The molecule has 1 aromatic rings. The van der Waals surface area contributed by atoms with E-state index in [0.717, 1.165) is 18.5 Å². The summed E-state index contributed by atoms with van der Waals surface area (Å²) < 4.78 is 0. The number of carbonyl (C=O) groups excluding carboxylic acids is 5. The van der Waals surface area contributed by atoms with Gasteiger partial charge in [-0.25, -0.2) is 0 Å². The second-order valence-electron chi connectivity index (χ2n) is 11.6. The van der Waals surface area contributed by atoms with Crippen molar-refractivity contribution < 1.29 is 29.1 Å². The zero-order valence-electron chi connectivity index (χ0n) is 24.8. The fourth-order valence-electron chi connectivity index (χ4n) is 6.21. The number of nitrogens with one attached hydrogen (secondary N) is 5. The van der Waals surface area contributed by atoms with Gasteiger partial charge in [0, 0.05) is 26.1 Å². The van der Waals surface area contributed by atoms with Gasteiger partial charge in [-0.1, -0.05) is 12.1 Å². The lowest BCUT2D eigenvalue weighted by molar-refractivity contribution is -0.148. The van der Waals surface area contributed by atoms with Crippen molar-refractivity contribution in [2.45, 2.75) is 88.0 Å². The van der Waals surface area contributed by atoms with E-state index in [1.807, 2.05) is 6.29 Å². The van der Waals surface area contributed by atoms with Gasteiger partial charge < -0.3 is 41.9 Å². The summed E-state index contributed by atoms with van der Waals surface area (Å²) in [6, 6.07) is 2.61. The Morgan fingerprint density at radius 1 is 1.00 bits per heavy atom. The molecule has 3 aliphatic rings. The van der Waals surface area contributed by atoms with E-state index in [9.17, 15) is 29.1 Å². The Kier molecular flexibility index (Phi) is 11.5. The number of amides is 4. The van der Waals surface area contributed by atoms with E-state index >= 15 is 0 Å². The molecule has 3 saturated heterocycles. The Hall–Kier alpha value is -4.20. The minimum atomic E-state index is -0.926. The van der Waals surface area contributed by atoms with Gasteiger partial charge in [0.15, 0.2) is 5.96 Å². The van der Waals surface area contributed by atoms with Gasteiger partial charge in [0.1, 0.15) is 23.9 Å². The first-order chi connectivity index (χ1) is 21.2. The Morgan fingerprint density at radius 2 is 1.70 bits per heavy atom. The Morgan fingerprint density at radius 3 is 2.36 bits per heavy atom. The quantitative estimate of drug-likeness (QED) is 0.0828. The summed E-state index contributed by atoms with van der Waals surface area (Å²) in [4.78, 5) is 68.6. The van der Waals surface area contributed by atoms with Crippen molar-refractivity contribution in [2.24, 2.45) is 5.73 Å². The van der Waals surface area contributed by atoms with Crippen LogP contribution >= 0.6 is 0 Å². The zero-order chi connectivity index (χ0) is 31.6. The molecular weight excluding hydrogens is 568 g/mol. The maximum atomic E-state index is 13.9. The molecule has 8 N–H and O–H groups in total. The molecule has 4 rings (SSSR count). The van der Waals surface area contributed by atoms with Crippen LogP contribution < -0.4 is 27.0 Å². The number of rotatable bonds is 13. The van der Waals surface area contributed by atoms with Gasteiger partial charge in [-0.3, -0.25) is 29.4 Å². The van der Waals surface area contributed by atoms with Gasteiger partial charge >= 0.3 is 0 Å². The Bertz CT molecular complexity index is 1200. The van der Waals surface area contributed by atoms with Crippen LogP contribution in [0, 0.1) is 5.41 Å². The molecular formula is C30H43N8O6. The molecule has 0 aromatic heterocycles. The van der Waals surface area contributed by atoms with Crippen molar-refractivity contribution in [3.05, 3.63) is 29.8 Å². The number of phenols is 1. The number of guanidine groups is 1. The van der Waals surface area contributed by atoms with Gasteiger partial charge in [-0.05, 0) is 75.6 Å². The van der Waals surface area contributed by atoms with E-state index in [0.29, 0.717) is 64.6 Å². The maximum Gasteiger partial charge on any atom is 0.246 e. The Balaban J connectivity index is 1.41. The summed E-state index contributed by atoms with van der Waals surface area (Å²) in [5.41, 5.74) is 6.11. The third-order valence-electron chi connectivity index (χ3n) is 8.47. The summed E-state index contributed by atoms with van der Waals surface area (Å²) in [6.07, 6.45) is 6.44. The van der Waals surface area contributed by atoms with Crippen molar-refractivity contribution >= 4 is 35.9 Å². The van der Waals surface area contributed by atoms with Crippen molar-refractivity contribution in [1.82, 2.24) is 31.1 Å². The molecule has 239 valence electrons. The van der Waals surface area contributed by atoms with Gasteiger partial charge in [0.2, 0.25) is 29.9 Å². The van der Waals surface area contributed by atoms with Crippen LogP contribution in [0.3, 0.4) is 0 Å². The van der Waals surface area contributed by atoms with Gasteiger partial charge in [0.25, 0.3) is 0 Å². The predicted octanol–water partition coefficient (Wildman–Crippen LogP) is -0.989. The van der Waals surface area contributed by atoms with Crippen LogP contribution in [0.25, 0.3) is 0 Å². The minimum Gasteiger partial charge on any atom is -0.508 e. The third kappa shape index (κ3) is 8.46. The fourth-order valence-corrected chi connectivity index (χ4v) is 6.21. The van der Waals surface area contributed by atoms with Crippen LogP contribution in [0.1, 0.15) is 56.9 Å². The van der Waals surface area contributed by atoms with Crippen LogP contribution in [0.5, 0.6) is 5.75 Å². The van der Waals surface area contributed by atoms with Crippen LogP contribution in [0.15, 0.2) is 24.3 Å². The number of benzene rings is 1. The van der Waals surface area contributed by atoms with Crippen molar-refractivity contribution in [2.75, 3.05) is 26.2 Å². The summed E-state index contributed by atoms with van der Waals surface area (Å²) >= 11 is 0. The Labute approximate surface area is 257 Å². The van der Waals surface area contributed by atoms with Crippen molar-refractivity contribution in [3.63, 3.8) is 0 Å². The number of hydrogen-bond donors (Lipinski definition) is 7. The molecule has 1 radical (unpaired) electrons. The lowest BCUT2D eigenvalue weighted by Gasteiger charge is -2.33. The second-order valence-corrected chi connectivity index (χ2v) is 11.6. The lowest BCUT2D eigenvalue weighted by atomic mass is 10.1. The number of hydrogen-bond acceptors (Lipinski definition) is 8. The SMILES string of the molecule is N=C(N)NCCC[C@H](NC(=O)[C@@H]1CCCN1)C(=O)N1CCC[C@H]1C(=O)N1CCC[C@H]1C(=O)N[C@H]([C]=O)Cc1ccc(O)cc1. The first-order valence-electron chi connectivity index (χ1n) is 15.4. The largest absolute Gasteiger partial charge is 0.508 e. The predicted molar refractivity (Wildman–Crippen MR) is 161 cm³/mol. The monoisotopic (exact) mass is 611 g/mol. The summed E-state index contributed by atoms with van der Waals surface area (Å²) in [5, 5.41) is 28.3. The highest BCUT2D eigenvalue weighted by atomic mass is 16.3. The number of likely N-dealkylation sites (tertiary alicyclic amines) is 2. The molecule has 14 nitrogen and oxygen atoms in total. The minimum absolute atomic E-state index is 0.0912. The van der Waals surface area contributed by atoms with Gasteiger partial charge in [0.05, 0.1) is 12.1 Å². The van der Waals surface area contributed by atoms with E-state index in [-0.39, 0.29) is 41.9 Å². The van der Waals surface area contributed by atoms with Crippen LogP contribution in [-0.2, 0) is 30.4 Å².